The molecular formula is C17H24N2O4S. The minimum absolute atomic E-state index is 0.0162. The number of sulfone groups is 1. The summed E-state index contributed by atoms with van der Waals surface area (Å²) in [5.74, 6) is 1.22. The van der Waals surface area contributed by atoms with Crippen LogP contribution in [-0.4, -0.2) is 74.0 Å². The number of ether oxygens (including phenoxy) is 1. The van der Waals surface area contributed by atoms with Gasteiger partial charge in [-0.15, -0.1) is 0 Å². The summed E-state index contributed by atoms with van der Waals surface area (Å²) in [6.45, 7) is 4.47. The molecule has 24 heavy (non-hydrogen) atoms. The quantitative estimate of drug-likeness (QED) is 0.801. The summed E-state index contributed by atoms with van der Waals surface area (Å²) in [5, 5.41) is 0. The van der Waals surface area contributed by atoms with Crippen molar-refractivity contribution in [2.45, 2.75) is 25.5 Å². The van der Waals surface area contributed by atoms with Crippen molar-refractivity contribution in [1.82, 2.24) is 9.80 Å². The van der Waals surface area contributed by atoms with Crippen LogP contribution < -0.4 is 4.74 Å². The van der Waals surface area contributed by atoms with Crippen LogP contribution in [0, 0.1) is 0 Å². The summed E-state index contributed by atoms with van der Waals surface area (Å²) < 4.78 is 28.9. The third kappa shape index (κ3) is 4.08. The lowest BCUT2D eigenvalue weighted by molar-refractivity contribution is -0.140. The van der Waals surface area contributed by atoms with Crippen molar-refractivity contribution in [1.29, 1.82) is 0 Å². The van der Waals surface area contributed by atoms with E-state index >= 15 is 0 Å². The van der Waals surface area contributed by atoms with E-state index in [-0.39, 0.29) is 17.7 Å². The first-order chi connectivity index (χ1) is 11.4. The van der Waals surface area contributed by atoms with Crippen LogP contribution in [0.3, 0.4) is 0 Å². The number of rotatable bonds is 4. The molecule has 2 aliphatic heterocycles. The number of hydrogen-bond acceptors (Lipinski definition) is 5. The van der Waals surface area contributed by atoms with Crippen LogP contribution in [0.5, 0.6) is 5.75 Å². The molecule has 2 aliphatic rings. The Balaban J connectivity index is 1.50. The van der Waals surface area contributed by atoms with Crippen LogP contribution in [0.15, 0.2) is 30.3 Å². The Morgan fingerprint density at radius 2 is 1.83 bits per heavy atom. The highest BCUT2D eigenvalue weighted by molar-refractivity contribution is 7.91. The molecule has 3 rings (SSSR count). The maximum atomic E-state index is 12.5. The first kappa shape index (κ1) is 17.2. The fourth-order valence-corrected chi connectivity index (χ4v) is 5.14. The number of para-hydroxylation sites is 1. The number of carbonyl (C=O) groups excluding carboxylic acids is 1. The number of hydrogen-bond donors (Lipinski definition) is 0. The van der Waals surface area contributed by atoms with E-state index in [1.54, 1.807) is 6.92 Å². The lowest BCUT2D eigenvalue weighted by Crippen LogP contribution is -2.54. The van der Waals surface area contributed by atoms with Gasteiger partial charge in [0, 0.05) is 32.2 Å². The molecule has 1 amide bonds. The van der Waals surface area contributed by atoms with E-state index in [2.05, 4.69) is 4.90 Å². The molecule has 0 radical (unpaired) electrons. The van der Waals surface area contributed by atoms with Gasteiger partial charge in [-0.3, -0.25) is 9.69 Å². The number of nitrogens with zero attached hydrogens (tertiary/aromatic N) is 2. The Labute approximate surface area is 143 Å². The third-order valence-corrected chi connectivity index (χ3v) is 6.50. The lowest BCUT2D eigenvalue weighted by Gasteiger charge is -2.38. The van der Waals surface area contributed by atoms with Gasteiger partial charge < -0.3 is 9.64 Å². The van der Waals surface area contributed by atoms with Gasteiger partial charge in [-0.25, -0.2) is 8.42 Å². The monoisotopic (exact) mass is 352 g/mol. The fraction of sp³-hybridized carbons (Fsp3) is 0.588. The van der Waals surface area contributed by atoms with Crippen molar-refractivity contribution in [2.24, 2.45) is 0 Å². The van der Waals surface area contributed by atoms with E-state index in [1.807, 2.05) is 35.2 Å². The van der Waals surface area contributed by atoms with Crippen LogP contribution in [0.2, 0.25) is 0 Å². The van der Waals surface area contributed by atoms with Crippen LogP contribution >= 0.6 is 0 Å². The molecule has 1 aromatic carbocycles. The average Bonchev–Trinajstić information content (AvgIpc) is 2.95. The summed E-state index contributed by atoms with van der Waals surface area (Å²) in [6.07, 6.45) is 0.190. The molecule has 0 saturated carbocycles. The minimum Gasteiger partial charge on any atom is -0.481 e. The molecule has 0 bridgehead atoms. The predicted molar refractivity (Wildman–Crippen MR) is 91.7 cm³/mol. The van der Waals surface area contributed by atoms with Gasteiger partial charge in [0.15, 0.2) is 15.9 Å². The van der Waals surface area contributed by atoms with Crippen molar-refractivity contribution >= 4 is 15.7 Å². The molecule has 7 heteroatoms. The van der Waals surface area contributed by atoms with Crippen molar-refractivity contribution in [3.63, 3.8) is 0 Å². The summed E-state index contributed by atoms with van der Waals surface area (Å²) in [4.78, 5) is 16.5. The molecule has 1 aromatic rings. The Hall–Kier alpha value is -1.60. The van der Waals surface area contributed by atoms with Gasteiger partial charge in [0.1, 0.15) is 5.75 Å². The highest BCUT2D eigenvalue weighted by atomic mass is 32.2. The molecule has 0 spiro atoms. The third-order valence-electron chi connectivity index (χ3n) is 4.75. The zero-order valence-corrected chi connectivity index (χ0v) is 14.7. The Bertz CT molecular complexity index is 669. The van der Waals surface area contributed by atoms with E-state index in [1.165, 1.54) is 0 Å². The van der Waals surface area contributed by atoms with Crippen LogP contribution in [0.1, 0.15) is 13.3 Å². The number of amides is 1. The fourth-order valence-electron chi connectivity index (χ4n) is 3.38. The van der Waals surface area contributed by atoms with Gasteiger partial charge in [0.2, 0.25) is 0 Å². The zero-order valence-electron chi connectivity index (χ0n) is 13.9. The second-order valence-corrected chi connectivity index (χ2v) is 8.72. The molecule has 132 valence electrons. The standard InChI is InChI=1S/C17H24N2O4S/c1-14(23-16-5-3-2-4-6-16)17(20)19-10-8-18(9-11-19)15-7-12-24(21,22)13-15/h2-6,14-15H,7-13H2,1H3. The van der Waals surface area contributed by atoms with Gasteiger partial charge >= 0.3 is 0 Å². The molecule has 0 aliphatic carbocycles. The van der Waals surface area contributed by atoms with E-state index in [4.69, 9.17) is 4.74 Å². The van der Waals surface area contributed by atoms with Crippen molar-refractivity contribution in [3.05, 3.63) is 30.3 Å². The topological polar surface area (TPSA) is 66.9 Å². The van der Waals surface area contributed by atoms with E-state index in [0.717, 1.165) is 13.1 Å². The van der Waals surface area contributed by atoms with Gasteiger partial charge in [0.05, 0.1) is 11.5 Å². The van der Waals surface area contributed by atoms with Crippen LogP contribution in [0.4, 0.5) is 0 Å². The maximum absolute atomic E-state index is 12.5. The first-order valence-electron chi connectivity index (χ1n) is 8.39. The first-order valence-corrected chi connectivity index (χ1v) is 10.2. The smallest absolute Gasteiger partial charge is 0.263 e. The highest BCUT2D eigenvalue weighted by Gasteiger charge is 2.35. The van der Waals surface area contributed by atoms with Crippen molar-refractivity contribution < 1.29 is 17.9 Å². The van der Waals surface area contributed by atoms with Crippen LogP contribution in [0.25, 0.3) is 0 Å². The summed E-state index contributed by atoms with van der Waals surface area (Å²) >= 11 is 0. The van der Waals surface area contributed by atoms with Gasteiger partial charge in [-0.05, 0) is 25.5 Å². The van der Waals surface area contributed by atoms with Gasteiger partial charge in [-0.1, -0.05) is 18.2 Å². The number of benzene rings is 1. The second-order valence-electron chi connectivity index (χ2n) is 6.49. The van der Waals surface area contributed by atoms with Crippen LogP contribution in [-0.2, 0) is 14.6 Å². The Morgan fingerprint density at radius 1 is 1.17 bits per heavy atom. The largest absolute Gasteiger partial charge is 0.481 e. The molecule has 6 nitrogen and oxygen atoms in total. The van der Waals surface area contributed by atoms with Gasteiger partial charge in [0.25, 0.3) is 5.91 Å². The summed E-state index contributed by atoms with van der Waals surface area (Å²) in [5.41, 5.74) is 0. The Kier molecular flexibility index (Phi) is 5.10. The van der Waals surface area contributed by atoms with E-state index in [9.17, 15) is 13.2 Å². The molecular weight excluding hydrogens is 328 g/mol. The van der Waals surface area contributed by atoms with Gasteiger partial charge in [-0.2, -0.15) is 0 Å². The zero-order chi connectivity index (χ0) is 17.2. The highest BCUT2D eigenvalue weighted by Crippen LogP contribution is 2.20. The molecule has 2 saturated heterocycles. The summed E-state index contributed by atoms with van der Waals surface area (Å²) in [6, 6.07) is 9.44. The van der Waals surface area contributed by atoms with Crippen molar-refractivity contribution in [3.8, 4) is 5.75 Å². The number of carbonyl (C=O) groups is 1. The molecule has 2 unspecified atom stereocenters. The molecule has 2 atom stereocenters. The SMILES string of the molecule is CC(Oc1ccccc1)C(=O)N1CCN(C2CCS(=O)(=O)C2)CC1. The Morgan fingerprint density at radius 3 is 2.42 bits per heavy atom. The lowest BCUT2D eigenvalue weighted by atomic mass is 10.2. The van der Waals surface area contributed by atoms with E-state index < -0.39 is 15.9 Å². The molecule has 2 fully saturated rings. The minimum atomic E-state index is -2.86. The number of piperazine rings is 1. The predicted octanol–water partition coefficient (Wildman–Crippen LogP) is 0.785. The maximum Gasteiger partial charge on any atom is 0.263 e. The normalized spacial score (nSPS) is 25.4. The summed E-state index contributed by atoms with van der Waals surface area (Å²) in [7, 11) is -2.86. The second kappa shape index (κ2) is 7.11. The molecule has 0 N–H and O–H groups in total. The average molecular weight is 352 g/mol. The molecule has 0 aromatic heterocycles. The molecule has 2 heterocycles. The van der Waals surface area contributed by atoms with E-state index in [0.29, 0.717) is 31.0 Å². The van der Waals surface area contributed by atoms with Crippen molar-refractivity contribution in [2.75, 3.05) is 37.7 Å².